The summed E-state index contributed by atoms with van der Waals surface area (Å²) in [6.45, 7) is 6.64. The lowest BCUT2D eigenvalue weighted by Gasteiger charge is -2.16. The zero-order valence-corrected chi connectivity index (χ0v) is 17.0. The van der Waals surface area contributed by atoms with Gasteiger partial charge < -0.3 is 10.6 Å². The average molecular weight is 380 g/mol. The number of aryl methyl sites for hydroxylation is 2. The third-order valence-corrected chi connectivity index (χ3v) is 5.97. The molecule has 0 aliphatic rings. The molecular formula is C23H27N2OS+. The third-order valence-electron chi connectivity index (χ3n) is 5.01. The molecule has 0 spiro atoms. The van der Waals surface area contributed by atoms with E-state index in [-0.39, 0.29) is 11.9 Å². The minimum absolute atomic E-state index is 0.0236. The Balaban J connectivity index is 1.71. The first-order valence-corrected chi connectivity index (χ1v) is 10.3. The van der Waals surface area contributed by atoms with E-state index in [0.717, 1.165) is 17.7 Å². The number of rotatable bonds is 7. The fraction of sp³-hybridized carbons (Fsp3) is 0.261. The van der Waals surface area contributed by atoms with Crippen LogP contribution in [0.3, 0.4) is 0 Å². The smallest absolute Gasteiger partial charge is 0.279 e. The number of benzene rings is 2. The molecule has 0 fully saturated rings. The monoisotopic (exact) mass is 379 g/mol. The van der Waals surface area contributed by atoms with Crippen LogP contribution in [0.25, 0.3) is 0 Å². The summed E-state index contributed by atoms with van der Waals surface area (Å²) in [5, 5.41) is 7.26. The second kappa shape index (κ2) is 8.98. The molecule has 3 nitrogen and oxygen atoms in total. The molecule has 1 amide bonds. The van der Waals surface area contributed by atoms with E-state index in [2.05, 4.69) is 72.3 Å². The number of anilines is 1. The Bertz CT molecular complexity index is 885. The Labute approximate surface area is 165 Å². The van der Waals surface area contributed by atoms with Crippen LogP contribution in [0.4, 0.5) is 5.69 Å². The fourth-order valence-corrected chi connectivity index (χ4v) is 4.01. The van der Waals surface area contributed by atoms with Gasteiger partial charge in [0, 0.05) is 11.3 Å². The molecule has 3 N–H and O–H groups in total. The summed E-state index contributed by atoms with van der Waals surface area (Å²) in [6.07, 6.45) is 1.03. The third kappa shape index (κ3) is 4.85. The fourth-order valence-electron chi connectivity index (χ4n) is 3.16. The first-order chi connectivity index (χ1) is 13.1. The Kier molecular flexibility index (Phi) is 6.43. The van der Waals surface area contributed by atoms with E-state index in [1.165, 1.54) is 21.6 Å². The van der Waals surface area contributed by atoms with Crippen molar-refractivity contribution in [3.63, 3.8) is 0 Å². The highest BCUT2D eigenvalue weighted by molar-refractivity contribution is 7.10. The molecule has 0 aliphatic carbocycles. The van der Waals surface area contributed by atoms with Crippen LogP contribution in [-0.4, -0.2) is 12.5 Å². The zero-order chi connectivity index (χ0) is 19.2. The second-order valence-electron chi connectivity index (χ2n) is 6.82. The van der Waals surface area contributed by atoms with Gasteiger partial charge in [-0.25, -0.2) is 0 Å². The molecule has 0 saturated heterocycles. The van der Waals surface area contributed by atoms with Gasteiger partial charge in [0.15, 0.2) is 6.54 Å². The summed E-state index contributed by atoms with van der Waals surface area (Å²) in [6, 6.07) is 19.1. The van der Waals surface area contributed by atoms with Gasteiger partial charge >= 0.3 is 0 Å². The van der Waals surface area contributed by atoms with Crippen LogP contribution in [0.1, 0.15) is 40.1 Å². The SMILES string of the molecule is CCc1ccc([C@@H]([NH2+]CC(=O)Nc2cccc(C)c2C)c2cccs2)cc1. The molecule has 0 unspecified atom stereocenters. The number of carbonyl (C=O) groups is 1. The van der Waals surface area contributed by atoms with Crippen molar-refractivity contribution in [1.29, 1.82) is 0 Å². The Morgan fingerprint density at radius 3 is 2.52 bits per heavy atom. The number of hydrogen-bond donors (Lipinski definition) is 2. The summed E-state index contributed by atoms with van der Waals surface area (Å²) < 4.78 is 0. The molecule has 0 radical (unpaired) electrons. The molecule has 4 heteroatoms. The van der Waals surface area contributed by atoms with Gasteiger partial charge in [-0.05, 0) is 54.5 Å². The van der Waals surface area contributed by atoms with E-state index >= 15 is 0 Å². The lowest BCUT2D eigenvalue weighted by atomic mass is 10.0. The van der Waals surface area contributed by atoms with Crippen molar-refractivity contribution >= 4 is 22.9 Å². The standard InChI is InChI=1S/C23H26N2OS/c1-4-18-10-12-19(13-11-18)23(21-9-6-14-27-21)24-15-22(26)25-20-8-5-7-16(2)17(20)3/h5-14,23-24H,4,15H2,1-3H3,(H,25,26)/p+1/t23-/m1/s1. The maximum atomic E-state index is 12.5. The number of hydrogen-bond acceptors (Lipinski definition) is 2. The Morgan fingerprint density at radius 1 is 1.07 bits per heavy atom. The minimum Gasteiger partial charge on any atom is -0.328 e. The van der Waals surface area contributed by atoms with Gasteiger partial charge in [0.05, 0.1) is 4.88 Å². The van der Waals surface area contributed by atoms with Gasteiger partial charge in [-0.3, -0.25) is 4.79 Å². The number of nitrogens with one attached hydrogen (secondary N) is 1. The summed E-state index contributed by atoms with van der Waals surface area (Å²) in [7, 11) is 0. The zero-order valence-electron chi connectivity index (χ0n) is 16.2. The normalized spacial score (nSPS) is 12.0. The molecular weight excluding hydrogens is 352 g/mol. The maximum absolute atomic E-state index is 12.5. The molecule has 0 aliphatic heterocycles. The van der Waals surface area contributed by atoms with Gasteiger partial charge in [-0.2, -0.15) is 0 Å². The summed E-state index contributed by atoms with van der Waals surface area (Å²) in [5.74, 6) is 0.0236. The van der Waals surface area contributed by atoms with Crippen LogP contribution in [0.2, 0.25) is 0 Å². The average Bonchev–Trinajstić information content (AvgIpc) is 3.20. The van der Waals surface area contributed by atoms with Crippen molar-refractivity contribution in [2.45, 2.75) is 33.2 Å². The van der Waals surface area contributed by atoms with Crippen molar-refractivity contribution < 1.29 is 10.1 Å². The van der Waals surface area contributed by atoms with Crippen molar-refractivity contribution in [3.8, 4) is 0 Å². The first-order valence-electron chi connectivity index (χ1n) is 9.40. The molecule has 2 aromatic carbocycles. The number of nitrogens with two attached hydrogens (primary N) is 1. The van der Waals surface area contributed by atoms with Crippen LogP contribution in [0.5, 0.6) is 0 Å². The summed E-state index contributed by atoms with van der Waals surface area (Å²) in [5.41, 5.74) is 5.76. The van der Waals surface area contributed by atoms with Gasteiger partial charge in [0.1, 0.15) is 6.04 Å². The lowest BCUT2D eigenvalue weighted by Crippen LogP contribution is -2.87. The first kappa shape index (κ1) is 19.3. The molecule has 140 valence electrons. The highest BCUT2D eigenvalue weighted by Gasteiger charge is 2.20. The quantitative estimate of drug-likeness (QED) is 0.634. The van der Waals surface area contributed by atoms with Gasteiger partial charge in [0.2, 0.25) is 0 Å². The van der Waals surface area contributed by atoms with E-state index in [1.54, 1.807) is 11.3 Å². The topological polar surface area (TPSA) is 45.7 Å². The van der Waals surface area contributed by atoms with Gasteiger partial charge in [-0.1, -0.05) is 49.4 Å². The van der Waals surface area contributed by atoms with E-state index in [1.807, 2.05) is 19.1 Å². The highest BCUT2D eigenvalue weighted by atomic mass is 32.1. The minimum atomic E-state index is 0.0236. The van der Waals surface area contributed by atoms with Crippen molar-refractivity contribution in [2.75, 3.05) is 11.9 Å². The number of thiophene rings is 1. The Morgan fingerprint density at radius 2 is 1.85 bits per heavy atom. The molecule has 0 saturated carbocycles. The second-order valence-corrected chi connectivity index (χ2v) is 7.80. The van der Waals surface area contributed by atoms with Crippen LogP contribution in [0, 0.1) is 13.8 Å². The van der Waals surface area contributed by atoms with Crippen molar-refractivity contribution in [3.05, 3.63) is 87.1 Å². The van der Waals surface area contributed by atoms with Crippen LogP contribution < -0.4 is 10.6 Å². The molecule has 3 aromatic rings. The van der Waals surface area contributed by atoms with Gasteiger partial charge in [0.25, 0.3) is 5.91 Å². The predicted molar refractivity (Wildman–Crippen MR) is 113 cm³/mol. The summed E-state index contributed by atoms with van der Waals surface area (Å²) in [4.78, 5) is 13.8. The number of quaternary nitrogens is 1. The number of amides is 1. The van der Waals surface area contributed by atoms with Crippen molar-refractivity contribution in [2.24, 2.45) is 0 Å². The Hall–Kier alpha value is -2.43. The van der Waals surface area contributed by atoms with Crippen molar-refractivity contribution in [1.82, 2.24) is 0 Å². The van der Waals surface area contributed by atoms with Crippen LogP contribution in [-0.2, 0) is 11.2 Å². The van der Waals surface area contributed by atoms with E-state index in [9.17, 15) is 4.79 Å². The lowest BCUT2D eigenvalue weighted by molar-refractivity contribution is -0.675. The summed E-state index contributed by atoms with van der Waals surface area (Å²) >= 11 is 1.73. The van der Waals surface area contributed by atoms with E-state index in [0.29, 0.717) is 6.54 Å². The molecule has 3 rings (SSSR count). The van der Waals surface area contributed by atoms with Gasteiger partial charge in [-0.15, -0.1) is 11.3 Å². The molecule has 1 atom stereocenters. The van der Waals surface area contributed by atoms with Crippen LogP contribution >= 0.6 is 11.3 Å². The highest BCUT2D eigenvalue weighted by Crippen LogP contribution is 2.23. The van der Waals surface area contributed by atoms with Crippen LogP contribution in [0.15, 0.2) is 60.0 Å². The molecule has 0 bridgehead atoms. The number of carbonyl (C=O) groups excluding carboxylic acids is 1. The maximum Gasteiger partial charge on any atom is 0.279 e. The molecule has 1 heterocycles. The molecule has 1 aromatic heterocycles. The largest absolute Gasteiger partial charge is 0.328 e. The molecule has 27 heavy (non-hydrogen) atoms. The predicted octanol–water partition coefficient (Wildman–Crippen LogP) is 4.22. The van der Waals surface area contributed by atoms with E-state index < -0.39 is 0 Å². The van der Waals surface area contributed by atoms with E-state index in [4.69, 9.17) is 0 Å².